The summed E-state index contributed by atoms with van der Waals surface area (Å²) in [5.41, 5.74) is 2.55. The van der Waals surface area contributed by atoms with E-state index in [4.69, 9.17) is 10.6 Å². The lowest BCUT2D eigenvalue weighted by atomic mass is 10.2. The van der Waals surface area contributed by atoms with Crippen LogP contribution < -0.4 is 16.0 Å². The minimum Gasteiger partial charge on any atom is -0.436 e. The van der Waals surface area contributed by atoms with Crippen molar-refractivity contribution in [3.05, 3.63) is 45.9 Å². The van der Waals surface area contributed by atoms with Gasteiger partial charge in [0.15, 0.2) is 0 Å². The van der Waals surface area contributed by atoms with E-state index in [1.165, 1.54) is 18.2 Å². The third-order valence-electron chi connectivity index (χ3n) is 2.42. The van der Waals surface area contributed by atoms with Gasteiger partial charge in [-0.3, -0.25) is 15.5 Å². The van der Waals surface area contributed by atoms with Crippen LogP contribution in [0.3, 0.4) is 0 Å². The maximum atomic E-state index is 13.5. The van der Waals surface area contributed by atoms with Crippen molar-refractivity contribution in [2.45, 2.75) is 6.92 Å². The van der Waals surface area contributed by atoms with E-state index in [9.17, 15) is 14.5 Å². The van der Waals surface area contributed by atoms with Crippen LogP contribution in [0.4, 0.5) is 16.0 Å². The number of benzene rings is 1. The van der Waals surface area contributed by atoms with Gasteiger partial charge in [0.2, 0.25) is 11.8 Å². The Balaban J connectivity index is 2.32. The van der Waals surface area contributed by atoms with Crippen LogP contribution in [0.2, 0.25) is 0 Å². The molecular weight excluding hydrogens is 269 g/mol. The van der Waals surface area contributed by atoms with Crippen LogP contribution in [0.1, 0.15) is 5.56 Å². The lowest BCUT2D eigenvalue weighted by molar-refractivity contribution is -0.384. The van der Waals surface area contributed by atoms with Gasteiger partial charge in [0.1, 0.15) is 5.75 Å². The molecule has 2 aromatic rings. The Morgan fingerprint density at radius 1 is 1.50 bits per heavy atom. The number of rotatable bonds is 4. The number of non-ortho nitro benzene ring substituents is 1. The first-order valence-electron chi connectivity index (χ1n) is 5.43. The van der Waals surface area contributed by atoms with E-state index < -0.39 is 10.7 Å². The summed E-state index contributed by atoms with van der Waals surface area (Å²) < 4.78 is 18.8. The Morgan fingerprint density at radius 2 is 2.25 bits per heavy atom. The van der Waals surface area contributed by atoms with E-state index in [-0.39, 0.29) is 23.3 Å². The zero-order valence-electron chi connectivity index (χ0n) is 10.3. The summed E-state index contributed by atoms with van der Waals surface area (Å²) in [6.07, 6.45) is 0.901. The molecule has 8 nitrogen and oxygen atoms in total. The first-order chi connectivity index (χ1) is 9.51. The van der Waals surface area contributed by atoms with Crippen molar-refractivity contribution >= 4 is 11.6 Å². The van der Waals surface area contributed by atoms with Gasteiger partial charge in [0, 0.05) is 12.1 Å². The molecule has 0 aliphatic carbocycles. The van der Waals surface area contributed by atoms with Gasteiger partial charge in [-0.25, -0.2) is 10.8 Å². The highest BCUT2D eigenvalue weighted by atomic mass is 19.1. The Labute approximate surface area is 112 Å². The number of hydrogen-bond donors (Lipinski definition) is 2. The molecule has 0 saturated carbocycles. The fourth-order valence-electron chi connectivity index (χ4n) is 1.46. The van der Waals surface area contributed by atoms with E-state index >= 15 is 0 Å². The van der Waals surface area contributed by atoms with Gasteiger partial charge >= 0.3 is 0 Å². The molecule has 20 heavy (non-hydrogen) atoms. The first kappa shape index (κ1) is 13.6. The zero-order valence-corrected chi connectivity index (χ0v) is 10.3. The van der Waals surface area contributed by atoms with Crippen molar-refractivity contribution in [2.24, 2.45) is 5.84 Å². The summed E-state index contributed by atoms with van der Waals surface area (Å²) in [6, 6.07) is 3.94. The van der Waals surface area contributed by atoms with Crippen molar-refractivity contribution in [1.82, 2.24) is 9.97 Å². The molecule has 0 amide bonds. The molecule has 0 radical (unpaired) electrons. The number of nitro benzene ring substituents is 1. The van der Waals surface area contributed by atoms with E-state index in [1.807, 2.05) is 0 Å². The predicted molar refractivity (Wildman–Crippen MR) is 67.7 cm³/mol. The summed E-state index contributed by atoms with van der Waals surface area (Å²) in [6.45, 7) is 1.60. The minimum absolute atomic E-state index is 0.0130. The summed E-state index contributed by atoms with van der Waals surface area (Å²) in [5, 5.41) is 10.6. The van der Waals surface area contributed by atoms with Gasteiger partial charge in [0.05, 0.1) is 11.1 Å². The summed E-state index contributed by atoms with van der Waals surface area (Å²) in [4.78, 5) is 17.4. The molecule has 0 fully saturated rings. The van der Waals surface area contributed by atoms with E-state index in [0.29, 0.717) is 5.56 Å². The molecule has 0 aliphatic rings. The number of nitrogens with zero attached hydrogens (tertiary/aromatic N) is 3. The fraction of sp³-hybridized carbons (Fsp3) is 0.0909. The average molecular weight is 279 g/mol. The van der Waals surface area contributed by atoms with Gasteiger partial charge in [-0.2, -0.15) is 9.37 Å². The molecule has 1 heterocycles. The number of aryl methyl sites for hydroxylation is 1. The number of hydrogen-bond acceptors (Lipinski definition) is 7. The van der Waals surface area contributed by atoms with Crippen LogP contribution in [-0.4, -0.2) is 14.9 Å². The van der Waals surface area contributed by atoms with Crippen molar-refractivity contribution in [3.8, 4) is 11.6 Å². The van der Waals surface area contributed by atoms with Crippen LogP contribution in [0.5, 0.6) is 11.6 Å². The molecule has 0 aliphatic heterocycles. The van der Waals surface area contributed by atoms with Crippen LogP contribution in [0.15, 0.2) is 24.4 Å². The molecule has 3 N–H and O–H groups in total. The third-order valence-corrected chi connectivity index (χ3v) is 2.42. The second-order valence-electron chi connectivity index (χ2n) is 3.80. The summed E-state index contributed by atoms with van der Waals surface area (Å²) >= 11 is 0. The average Bonchev–Trinajstić information content (AvgIpc) is 2.43. The van der Waals surface area contributed by atoms with Crippen LogP contribution >= 0.6 is 0 Å². The molecule has 0 atom stereocenters. The van der Waals surface area contributed by atoms with E-state index in [1.54, 1.807) is 6.92 Å². The Kier molecular flexibility index (Phi) is 3.71. The highest BCUT2D eigenvalue weighted by molar-refractivity contribution is 5.44. The van der Waals surface area contributed by atoms with Crippen LogP contribution in [0.25, 0.3) is 0 Å². The molecule has 104 valence electrons. The molecule has 1 aromatic heterocycles. The largest absolute Gasteiger partial charge is 0.436 e. The smallest absolute Gasteiger partial charge is 0.269 e. The Hall–Kier alpha value is -2.81. The number of aromatic nitrogens is 2. The lowest BCUT2D eigenvalue weighted by Gasteiger charge is -2.09. The number of ether oxygens (including phenoxy) is 1. The Bertz CT molecular complexity index is 665. The maximum absolute atomic E-state index is 13.5. The van der Waals surface area contributed by atoms with Crippen molar-refractivity contribution in [1.29, 1.82) is 0 Å². The topological polar surface area (TPSA) is 116 Å². The summed E-state index contributed by atoms with van der Waals surface area (Å²) in [5.74, 6) is 4.25. The van der Waals surface area contributed by atoms with Crippen molar-refractivity contribution in [2.75, 3.05) is 5.43 Å². The van der Waals surface area contributed by atoms with Crippen LogP contribution in [0, 0.1) is 22.9 Å². The van der Waals surface area contributed by atoms with Crippen molar-refractivity contribution < 1.29 is 14.1 Å². The normalized spacial score (nSPS) is 10.2. The standard InChI is InChI=1S/C11H10FN5O3/c1-6-4-7(17(18)19)2-3-9(6)20-10-8(12)5-14-11(15-10)16-13/h2-5H,13H2,1H3,(H,14,15,16). The second-order valence-corrected chi connectivity index (χ2v) is 3.80. The van der Waals surface area contributed by atoms with Gasteiger partial charge < -0.3 is 4.74 Å². The first-order valence-corrected chi connectivity index (χ1v) is 5.43. The molecule has 0 saturated heterocycles. The van der Waals surface area contributed by atoms with E-state index in [0.717, 1.165) is 6.20 Å². The van der Waals surface area contributed by atoms with Gasteiger partial charge in [-0.1, -0.05) is 0 Å². The molecule has 2 rings (SSSR count). The number of halogens is 1. The maximum Gasteiger partial charge on any atom is 0.269 e. The number of nitro groups is 1. The summed E-state index contributed by atoms with van der Waals surface area (Å²) in [7, 11) is 0. The predicted octanol–water partition coefficient (Wildman–Crippen LogP) is 1.91. The number of nitrogen functional groups attached to an aromatic ring is 1. The third kappa shape index (κ3) is 2.78. The molecule has 0 bridgehead atoms. The number of nitrogens with two attached hydrogens (primary N) is 1. The second kappa shape index (κ2) is 5.45. The lowest BCUT2D eigenvalue weighted by Crippen LogP contribution is -2.11. The molecule has 0 spiro atoms. The van der Waals surface area contributed by atoms with Crippen LogP contribution in [-0.2, 0) is 0 Å². The Morgan fingerprint density at radius 3 is 2.85 bits per heavy atom. The number of anilines is 1. The molecule has 0 unspecified atom stereocenters. The molecule has 9 heteroatoms. The van der Waals surface area contributed by atoms with Gasteiger partial charge in [0.25, 0.3) is 11.6 Å². The zero-order chi connectivity index (χ0) is 14.7. The number of hydrazine groups is 1. The van der Waals surface area contributed by atoms with E-state index in [2.05, 4.69) is 15.4 Å². The fourth-order valence-corrected chi connectivity index (χ4v) is 1.46. The molecular formula is C11H10FN5O3. The highest BCUT2D eigenvalue weighted by Gasteiger charge is 2.13. The SMILES string of the molecule is Cc1cc([N+](=O)[O-])ccc1Oc1nc(NN)ncc1F. The quantitative estimate of drug-likeness (QED) is 0.498. The van der Waals surface area contributed by atoms with Gasteiger partial charge in [-0.15, -0.1) is 0 Å². The van der Waals surface area contributed by atoms with Crippen molar-refractivity contribution in [3.63, 3.8) is 0 Å². The van der Waals surface area contributed by atoms with Gasteiger partial charge in [-0.05, 0) is 18.6 Å². The minimum atomic E-state index is -0.776. The highest BCUT2D eigenvalue weighted by Crippen LogP contribution is 2.28. The molecule has 1 aromatic carbocycles. The number of nitrogens with one attached hydrogen (secondary N) is 1. The monoisotopic (exact) mass is 279 g/mol.